The van der Waals surface area contributed by atoms with Crippen LogP contribution in [-0.4, -0.2) is 51.6 Å². The summed E-state index contributed by atoms with van der Waals surface area (Å²) in [6.07, 6.45) is -14.6. The molecule has 242 valence electrons. The second-order valence-electron chi connectivity index (χ2n) is 9.25. The Morgan fingerprint density at radius 1 is 0.644 bits per heavy atom. The van der Waals surface area contributed by atoms with Crippen LogP contribution in [0.3, 0.4) is 0 Å². The molecular weight excluding hydrogens is 616 g/mol. The van der Waals surface area contributed by atoms with Gasteiger partial charge in [-0.2, -0.15) is 26.3 Å². The zero-order valence-corrected chi connectivity index (χ0v) is 23.7. The molecule has 1 N–H and O–H groups in total. The molecule has 2 unspecified atom stereocenters. The van der Waals surface area contributed by atoms with E-state index in [1.807, 2.05) is 0 Å². The largest absolute Gasteiger partial charge is 0.459 e. The number of nitrogens with one attached hydrogen (secondary N) is 1. The topological polar surface area (TPSA) is 109 Å². The standard InChI is InChI=1S/C30H27F6NO8/c1-41-24(18-8-12-20(13-9-18)29(31,32)33)26(38)43-16-23(17-44-28(40)37-22-6-4-3-5-7-22)45-27(39)25(42-2)19-10-14-21(15-11-19)30(34,35)36/h3-15,23-25H,16-17H2,1-2H3,(H,37,40)/t23-,24?,25?/m0/s1. The lowest BCUT2D eigenvalue weighted by Crippen LogP contribution is -2.34. The molecular formula is C30H27F6NO8. The van der Waals surface area contributed by atoms with Crippen molar-refractivity contribution in [2.24, 2.45) is 0 Å². The number of para-hydroxylation sites is 1. The van der Waals surface area contributed by atoms with Crippen LogP contribution in [0, 0.1) is 0 Å². The first-order valence-electron chi connectivity index (χ1n) is 13.0. The molecule has 0 spiro atoms. The first-order chi connectivity index (χ1) is 21.2. The zero-order chi connectivity index (χ0) is 33.2. The van der Waals surface area contributed by atoms with Crippen molar-refractivity contribution in [2.45, 2.75) is 30.7 Å². The lowest BCUT2D eigenvalue weighted by molar-refractivity contribution is -0.173. The Morgan fingerprint density at radius 3 is 1.53 bits per heavy atom. The van der Waals surface area contributed by atoms with E-state index >= 15 is 0 Å². The Bertz CT molecular complexity index is 1410. The van der Waals surface area contributed by atoms with Crippen molar-refractivity contribution in [3.8, 4) is 0 Å². The summed E-state index contributed by atoms with van der Waals surface area (Å²) in [6, 6.07) is 15.2. The van der Waals surface area contributed by atoms with Crippen LogP contribution in [0.25, 0.3) is 0 Å². The molecule has 0 radical (unpaired) electrons. The first-order valence-corrected chi connectivity index (χ1v) is 13.0. The molecule has 45 heavy (non-hydrogen) atoms. The minimum atomic E-state index is -4.62. The molecule has 1 amide bonds. The smallest absolute Gasteiger partial charge is 0.416 e. The average Bonchev–Trinajstić information content (AvgIpc) is 2.99. The number of amides is 1. The normalized spacial score (nSPS) is 13.7. The fraction of sp³-hybridized carbons (Fsp3) is 0.300. The minimum Gasteiger partial charge on any atom is -0.459 e. The molecule has 3 aromatic rings. The molecule has 15 heteroatoms. The van der Waals surface area contributed by atoms with Crippen LogP contribution < -0.4 is 5.32 Å². The lowest BCUT2D eigenvalue weighted by Gasteiger charge is -2.23. The van der Waals surface area contributed by atoms with Crippen molar-refractivity contribution >= 4 is 23.7 Å². The first kappa shape index (κ1) is 34.9. The Balaban J connectivity index is 1.73. The van der Waals surface area contributed by atoms with Crippen molar-refractivity contribution in [1.29, 1.82) is 0 Å². The third-order valence-corrected chi connectivity index (χ3v) is 6.10. The predicted molar refractivity (Wildman–Crippen MR) is 145 cm³/mol. The second-order valence-corrected chi connectivity index (χ2v) is 9.25. The van der Waals surface area contributed by atoms with Crippen molar-refractivity contribution in [2.75, 3.05) is 32.8 Å². The van der Waals surface area contributed by atoms with Crippen molar-refractivity contribution in [3.05, 3.63) is 101 Å². The number of carbonyl (C=O) groups is 3. The van der Waals surface area contributed by atoms with Crippen LogP contribution in [0.2, 0.25) is 0 Å². The highest BCUT2D eigenvalue weighted by molar-refractivity contribution is 5.84. The van der Waals surface area contributed by atoms with Gasteiger partial charge in [-0.05, 0) is 47.5 Å². The summed E-state index contributed by atoms with van der Waals surface area (Å²) < 4.78 is 104. The summed E-state index contributed by atoms with van der Waals surface area (Å²) >= 11 is 0. The fourth-order valence-electron chi connectivity index (χ4n) is 3.87. The molecule has 0 heterocycles. The van der Waals surface area contributed by atoms with E-state index in [1.165, 1.54) is 0 Å². The van der Waals surface area contributed by atoms with Crippen LogP contribution in [0.5, 0.6) is 0 Å². The number of esters is 2. The number of benzene rings is 3. The summed E-state index contributed by atoms with van der Waals surface area (Å²) in [6.45, 7) is -1.37. The predicted octanol–water partition coefficient (Wildman–Crippen LogP) is 6.50. The molecule has 0 aromatic heterocycles. The highest BCUT2D eigenvalue weighted by Gasteiger charge is 2.33. The molecule has 0 saturated heterocycles. The van der Waals surface area contributed by atoms with Gasteiger partial charge in [0, 0.05) is 19.9 Å². The van der Waals surface area contributed by atoms with Gasteiger partial charge in [-0.15, -0.1) is 0 Å². The van der Waals surface area contributed by atoms with Crippen LogP contribution >= 0.6 is 0 Å². The molecule has 0 aliphatic carbocycles. The SMILES string of the molecule is COC(C(=O)OC[C@@H](COC(=O)Nc1ccccc1)OC(=O)C(OC)c1ccc(C(F)(F)F)cc1)c1ccc(C(F)(F)F)cc1. The van der Waals surface area contributed by atoms with Gasteiger partial charge in [-0.25, -0.2) is 14.4 Å². The number of ether oxygens (including phenoxy) is 5. The zero-order valence-electron chi connectivity index (χ0n) is 23.7. The fourth-order valence-corrected chi connectivity index (χ4v) is 3.87. The number of halogens is 6. The van der Waals surface area contributed by atoms with E-state index < -0.39 is 73.0 Å². The van der Waals surface area contributed by atoms with Gasteiger partial charge in [-0.1, -0.05) is 42.5 Å². The molecule has 3 rings (SSSR count). The van der Waals surface area contributed by atoms with E-state index in [0.29, 0.717) is 5.69 Å². The van der Waals surface area contributed by atoms with Gasteiger partial charge in [0.1, 0.15) is 13.2 Å². The van der Waals surface area contributed by atoms with E-state index in [-0.39, 0.29) is 11.1 Å². The van der Waals surface area contributed by atoms with E-state index in [0.717, 1.165) is 62.8 Å². The number of hydrogen-bond donors (Lipinski definition) is 1. The van der Waals surface area contributed by atoms with Gasteiger partial charge in [0.25, 0.3) is 0 Å². The molecule has 0 bridgehead atoms. The van der Waals surface area contributed by atoms with Crippen molar-refractivity contribution in [3.63, 3.8) is 0 Å². The Labute approximate surface area is 253 Å². The van der Waals surface area contributed by atoms with Crippen LogP contribution in [0.4, 0.5) is 36.8 Å². The number of hydrogen-bond acceptors (Lipinski definition) is 8. The van der Waals surface area contributed by atoms with Gasteiger partial charge in [0.2, 0.25) is 0 Å². The average molecular weight is 644 g/mol. The third-order valence-electron chi connectivity index (χ3n) is 6.10. The molecule has 3 aromatic carbocycles. The monoisotopic (exact) mass is 643 g/mol. The summed E-state index contributed by atoms with van der Waals surface area (Å²) in [5.74, 6) is -2.19. The highest BCUT2D eigenvalue weighted by Crippen LogP contribution is 2.32. The molecule has 9 nitrogen and oxygen atoms in total. The quantitative estimate of drug-likeness (QED) is 0.135. The maximum atomic E-state index is 13.0. The Kier molecular flexibility index (Phi) is 11.9. The third kappa shape index (κ3) is 10.2. The number of carbonyl (C=O) groups excluding carboxylic acids is 3. The van der Waals surface area contributed by atoms with Crippen molar-refractivity contribution in [1.82, 2.24) is 0 Å². The summed E-state index contributed by atoms with van der Waals surface area (Å²) in [5.41, 5.74) is -1.49. The maximum absolute atomic E-state index is 13.0. The number of rotatable bonds is 12. The van der Waals surface area contributed by atoms with E-state index in [1.54, 1.807) is 30.3 Å². The van der Waals surface area contributed by atoms with Crippen molar-refractivity contribution < 1.29 is 64.4 Å². The molecule has 0 fully saturated rings. The number of methoxy groups -OCH3 is 2. The van der Waals surface area contributed by atoms with Gasteiger partial charge >= 0.3 is 30.4 Å². The van der Waals surface area contributed by atoms with Gasteiger partial charge in [-0.3, -0.25) is 5.32 Å². The summed E-state index contributed by atoms with van der Waals surface area (Å²) in [4.78, 5) is 38.1. The number of anilines is 1. The van der Waals surface area contributed by atoms with E-state index in [4.69, 9.17) is 23.7 Å². The lowest BCUT2D eigenvalue weighted by atomic mass is 10.1. The summed E-state index contributed by atoms with van der Waals surface area (Å²) in [7, 11) is 2.22. The van der Waals surface area contributed by atoms with E-state index in [2.05, 4.69) is 5.32 Å². The van der Waals surface area contributed by atoms with E-state index in [9.17, 15) is 40.7 Å². The van der Waals surface area contributed by atoms with Crippen LogP contribution in [0.1, 0.15) is 34.5 Å². The highest BCUT2D eigenvalue weighted by atomic mass is 19.4. The second kappa shape index (κ2) is 15.4. The van der Waals surface area contributed by atoms with Gasteiger partial charge in [0.05, 0.1) is 11.1 Å². The molecule has 0 saturated carbocycles. The van der Waals surface area contributed by atoms with Gasteiger partial charge < -0.3 is 23.7 Å². The summed E-state index contributed by atoms with van der Waals surface area (Å²) in [5, 5.41) is 2.43. The minimum absolute atomic E-state index is 0.00994. The molecule has 0 aliphatic heterocycles. The maximum Gasteiger partial charge on any atom is 0.416 e. The molecule has 3 atom stereocenters. The van der Waals surface area contributed by atoms with Crippen LogP contribution in [0.15, 0.2) is 78.9 Å². The number of alkyl halides is 6. The van der Waals surface area contributed by atoms with Gasteiger partial charge in [0.15, 0.2) is 18.3 Å². The Hall–Kier alpha value is -4.63. The van der Waals surface area contributed by atoms with Crippen LogP contribution in [-0.2, 0) is 45.6 Å². The molecule has 0 aliphatic rings. The Morgan fingerprint density at radius 2 is 1.09 bits per heavy atom.